The molecule has 1 aliphatic heterocycles. The SMILES string of the molecule is O=C(CCc1nccs1)N1CCc2[nH]cnc2[C@@H]1c1cc2ccc(F)cc2o1. The Balaban J connectivity index is 1.49. The quantitative estimate of drug-likeness (QED) is 0.568. The van der Waals surface area contributed by atoms with Crippen molar-refractivity contribution in [3.8, 4) is 0 Å². The van der Waals surface area contributed by atoms with Gasteiger partial charge in [0, 0.05) is 54.5 Å². The fourth-order valence-corrected chi connectivity index (χ4v) is 4.35. The molecule has 1 amide bonds. The Bertz CT molecular complexity index is 1130. The predicted octanol–water partition coefficient (Wildman–Crippen LogP) is 3.86. The molecule has 0 bridgehead atoms. The Hall–Kier alpha value is -3.00. The molecule has 1 N–H and O–H groups in total. The van der Waals surface area contributed by atoms with E-state index in [1.54, 1.807) is 29.9 Å². The zero-order chi connectivity index (χ0) is 19.1. The molecular formula is C20H17FN4O2S. The molecule has 0 saturated heterocycles. The van der Waals surface area contributed by atoms with Crippen molar-refractivity contribution >= 4 is 28.2 Å². The van der Waals surface area contributed by atoms with Crippen LogP contribution in [0.2, 0.25) is 0 Å². The van der Waals surface area contributed by atoms with Gasteiger partial charge in [-0.3, -0.25) is 4.79 Å². The average molecular weight is 396 g/mol. The minimum Gasteiger partial charge on any atom is -0.458 e. The van der Waals surface area contributed by atoms with E-state index >= 15 is 0 Å². The summed E-state index contributed by atoms with van der Waals surface area (Å²) in [5.74, 6) is 0.269. The molecule has 0 radical (unpaired) electrons. The summed E-state index contributed by atoms with van der Waals surface area (Å²) >= 11 is 1.55. The van der Waals surface area contributed by atoms with E-state index in [9.17, 15) is 9.18 Å². The Kier molecular flexibility index (Phi) is 4.20. The third kappa shape index (κ3) is 2.99. The number of halogens is 1. The van der Waals surface area contributed by atoms with Crippen LogP contribution in [0.3, 0.4) is 0 Å². The van der Waals surface area contributed by atoms with E-state index in [1.165, 1.54) is 12.1 Å². The summed E-state index contributed by atoms with van der Waals surface area (Å²) in [6.45, 7) is 0.571. The van der Waals surface area contributed by atoms with Gasteiger partial charge in [0.15, 0.2) is 0 Å². The van der Waals surface area contributed by atoms with Gasteiger partial charge < -0.3 is 14.3 Å². The molecule has 0 spiro atoms. The molecule has 0 fully saturated rings. The molecule has 4 aromatic rings. The topological polar surface area (TPSA) is 75.0 Å². The van der Waals surface area contributed by atoms with Gasteiger partial charge in [0.1, 0.15) is 23.2 Å². The molecule has 1 aromatic carbocycles. The van der Waals surface area contributed by atoms with Gasteiger partial charge in [-0.1, -0.05) is 0 Å². The largest absolute Gasteiger partial charge is 0.458 e. The fraction of sp³-hybridized carbons (Fsp3) is 0.250. The van der Waals surface area contributed by atoms with Crippen molar-refractivity contribution in [2.45, 2.75) is 25.3 Å². The van der Waals surface area contributed by atoms with Gasteiger partial charge >= 0.3 is 0 Å². The molecule has 0 saturated carbocycles. The Labute approximate surface area is 164 Å². The Morgan fingerprint density at radius 2 is 2.29 bits per heavy atom. The monoisotopic (exact) mass is 396 g/mol. The number of thiazole rings is 1. The summed E-state index contributed by atoms with van der Waals surface area (Å²) in [6, 6.07) is 5.89. The Morgan fingerprint density at radius 3 is 3.14 bits per heavy atom. The maximum absolute atomic E-state index is 13.6. The van der Waals surface area contributed by atoms with Gasteiger partial charge in [-0.15, -0.1) is 11.3 Å². The van der Waals surface area contributed by atoms with Crippen molar-refractivity contribution in [3.63, 3.8) is 0 Å². The van der Waals surface area contributed by atoms with E-state index in [-0.39, 0.29) is 11.7 Å². The lowest BCUT2D eigenvalue weighted by Crippen LogP contribution is -2.40. The van der Waals surface area contributed by atoms with E-state index in [2.05, 4.69) is 15.0 Å². The second kappa shape index (κ2) is 6.87. The van der Waals surface area contributed by atoms with Crippen LogP contribution in [0.1, 0.15) is 34.6 Å². The average Bonchev–Trinajstić information content (AvgIpc) is 3.44. The number of aromatic amines is 1. The summed E-state index contributed by atoms with van der Waals surface area (Å²) in [5.41, 5.74) is 2.25. The first kappa shape index (κ1) is 17.1. The number of H-pyrrole nitrogens is 1. The molecule has 6 nitrogen and oxygen atoms in total. The van der Waals surface area contributed by atoms with Crippen LogP contribution in [0.5, 0.6) is 0 Å². The minimum atomic E-state index is -0.422. The maximum Gasteiger partial charge on any atom is 0.223 e. The van der Waals surface area contributed by atoms with Gasteiger partial charge in [-0.05, 0) is 18.2 Å². The highest BCUT2D eigenvalue weighted by atomic mass is 32.1. The van der Waals surface area contributed by atoms with Crippen molar-refractivity contribution in [1.29, 1.82) is 0 Å². The molecule has 28 heavy (non-hydrogen) atoms. The molecule has 5 rings (SSSR count). The summed E-state index contributed by atoms with van der Waals surface area (Å²) < 4.78 is 19.5. The number of aromatic nitrogens is 3. The fourth-order valence-electron chi connectivity index (χ4n) is 3.73. The van der Waals surface area contributed by atoms with Crippen LogP contribution >= 0.6 is 11.3 Å². The normalized spacial score (nSPS) is 16.5. The van der Waals surface area contributed by atoms with Crippen LogP contribution in [0.25, 0.3) is 11.0 Å². The number of carbonyl (C=O) groups is 1. The second-order valence-electron chi connectivity index (χ2n) is 6.76. The maximum atomic E-state index is 13.6. The van der Waals surface area contributed by atoms with E-state index in [0.717, 1.165) is 21.8 Å². The van der Waals surface area contributed by atoms with Crippen molar-refractivity contribution in [2.75, 3.05) is 6.54 Å². The van der Waals surface area contributed by atoms with E-state index < -0.39 is 6.04 Å². The van der Waals surface area contributed by atoms with Crippen molar-refractivity contribution in [2.24, 2.45) is 0 Å². The summed E-state index contributed by atoms with van der Waals surface area (Å²) in [6.07, 6.45) is 5.09. The van der Waals surface area contributed by atoms with Crippen molar-refractivity contribution in [3.05, 3.63) is 70.1 Å². The van der Waals surface area contributed by atoms with Crippen LogP contribution in [-0.4, -0.2) is 32.3 Å². The minimum absolute atomic E-state index is 0.0282. The zero-order valence-corrected chi connectivity index (χ0v) is 15.7. The summed E-state index contributed by atoms with van der Waals surface area (Å²) in [4.78, 5) is 26.7. The first-order valence-corrected chi connectivity index (χ1v) is 9.96. The number of furan rings is 1. The van der Waals surface area contributed by atoms with Crippen LogP contribution in [-0.2, 0) is 17.6 Å². The van der Waals surface area contributed by atoms with Gasteiger partial charge in [-0.25, -0.2) is 14.4 Å². The number of carbonyl (C=O) groups excluding carboxylic acids is 1. The van der Waals surface area contributed by atoms with Gasteiger partial charge in [0.2, 0.25) is 5.91 Å². The number of nitrogens with one attached hydrogen (secondary N) is 1. The number of rotatable bonds is 4. The molecular weight excluding hydrogens is 379 g/mol. The van der Waals surface area contributed by atoms with E-state index in [1.807, 2.05) is 16.3 Å². The smallest absolute Gasteiger partial charge is 0.223 e. The number of imidazole rings is 1. The lowest BCUT2D eigenvalue weighted by Gasteiger charge is -2.33. The number of hydrogen-bond donors (Lipinski definition) is 1. The lowest BCUT2D eigenvalue weighted by molar-refractivity contribution is -0.133. The summed E-state index contributed by atoms with van der Waals surface area (Å²) in [5, 5.41) is 3.66. The van der Waals surface area contributed by atoms with Crippen LogP contribution in [0.4, 0.5) is 4.39 Å². The third-order valence-electron chi connectivity index (χ3n) is 5.05. The van der Waals surface area contributed by atoms with E-state index in [0.29, 0.717) is 37.2 Å². The van der Waals surface area contributed by atoms with Crippen LogP contribution in [0.15, 0.2) is 46.6 Å². The number of fused-ring (bicyclic) bond motifs is 2. The van der Waals surface area contributed by atoms with Crippen LogP contribution < -0.4 is 0 Å². The standard InChI is InChI=1S/C20H17FN4O2S/c21-13-2-1-12-9-16(27-15(12)10-13)20-19-14(23-11-24-19)5-7-25(20)18(26)4-3-17-22-6-8-28-17/h1-2,6,8-11,20H,3-5,7H2,(H,23,24)/t20-/m0/s1. The molecule has 1 atom stereocenters. The first-order chi connectivity index (χ1) is 13.7. The highest BCUT2D eigenvalue weighted by molar-refractivity contribution is 7.09. The third-order valence-corrected chi connectivity index (χ3v) is 5.89. The molecule has 3 aromatic heterocycles. The molecule has 0 aliphatic carbocycles. The van der Waals surface area contributed by atoms with E-state index in [4.69, 9.17) is 4.42 Å². The van der Waals surface area contributed by atoms with Crippen molar-refractivity contribution in [1.82, 2.24) is 19.9 Å². The number of hydrogen-bond acceptors (Lipinski definition) is 5. The molecule has 1 aliphatic rings. The first-order valence-electron chi connectivity index (χ1n) is 9.08. The number of amides is 1. The van der Waals surface area contributed by atoms with Gasteiger partial charge in [0.05, 0.1) is 17.0 Å². The van der Waals surface area contributed by atoms with Gasteiger partial charge in [-0.2, -0.15) is 0 Å². The number of benzene rings is 1. The highest BCUT2D eigenvalue weighted by Crippen LogP contribution is 2.36. The van der Waals surface area contributed by atoms with Crippen molar-refractivity contribution < 1.29 is 13.6 Å². The van der Waals surface area contributed by atoms with Gasteiger partial charge in [0.25, 0.3) is 0 Å². The van der Waals surface area contributed by atoms with Crippen LogP contribution in [0, 0.1) is 5.82 Å². The lowest BCUT2D eigenvalue weighted by atomic mass is 9.99. The number of aryl methyl sites for hydroxylation is 1. The second-order valence-corrected chi connectivity index (χ2v) is 7.74. The molecule has 8 heteroatoms. The highest BCUT2D eigenvalue weighted by Gasteiger charge is 2.36. The zero-order valence-electron chi connectivity index (χ0n) is 14.9. The summed E-state index contributed by atoms with van der Waals surface area (Å²) in [7, 11) is 0. The Morgan fingerprint density at radius 1 is 1.36 bits per heavy atom. The molecule has 142 valence electrons. The predicted molar refractivity (Wildman–Crippen MR) is 102 cm³/mol. The molecule has 0 unspecified atom stereocenters. The molecule has 4 heterocycles. The number of nitrogens with zero attached hydrogens (tertiary/aromatic N) is 3.